The molecule has 0 saturated heterocycles. The van der Waals surface area contributed by atoms with Gasteiger partial charge in [0, 0.05) is 11.6 Å². The molecule has 0 heterocycles. The van der Waals surface area contributed by atoms with Crippen molar-refractivity contribution in [3.8, 4) is 5.75 Å². The summed E-state index contributed by atoms with van der Waals surface area (Å²) in [6, 6.07) is 5.35. The molecule has 0 aliphatic carbocycles. The van der Waals surface area contributed by atoms with E-state index >= 15 is 0 Å². The van der Waals surface area contributed by atoms with Crippen molar-refractivity contribution < 1.29 is 9.53 Å². The van der Waals surface area contributed by atoms with Crippen LogP contribution < -0.4 is 10.1 Å². The summed E-state index contributed by atoms with van der Waals surface area (Å²) in [7, 11) is 0. The van der Waals surface area contributed by atoms with E-state index in [0.29, 0.717) is 23.2 Å². The van der Waals surface area contributed by atoms with Crippen LogP contribution in [0.4, 0.5) is 0 Å². The molecule has 0 saturated carbocycles. The third-order valence-electron chi connectivity index (χ3n) is 2.54. The second-order valence-corrected chi connectivity index (χ2v) is 5.14. The first-order valence-corrected chi connectivity index (χ1v) is 6.52. The molecule has 0 atom stereocenters. The summed E-state index contributed by atoms with van der Waals surface area (Å²) in [5, 5.41) is 3.52. The second kappa shape index (κ2) is 7.27. The summed E-state index contributed by atoms with van der Waals surface area (Å²) in [5.74, 6) is 1.16. The van der Waals surface area contributed by atoms with Gasteiger partial charge in [-0.25, -0.2) is 0 Å². The van der Waals surface area contributed by atoms with Crippen LogP contribution in [0.15, 0.2) is 18.2 Å². The first-order valence-electron chi connectivity index (χ1n) is 6.14. The van der Waals surface area contributed by atoms with E-state index in [1.165, 1.54) is 0 Å². The molecule has 0 radical (unpaired) electrons. The standard InChI is InChI=1S/C14H20ClNO2/c1-10(2)6-7-16-14(17)9-18-12-4-5-13(15)11(3)8-12/h4-5,8,10H,6-7,9H2,1-3H3,(H,16,17). The van der Waals surface area contributed by atoms with Gasteiger partial charge in [0.1, 0.15) is 5.75 Å². The highest BCUT2D eigenvalue weighted by Crippen LogP contribution is 2.20. The maximum absolute atomic E-state index is 11.5. The lowest BCUT2D eigenvalue weighted by Gasteiger charge is -2.09. The van der Waals surface area contributed by atoms with Gasteiger partial charge in [0.25, 0.3) is 5.91 Å². The fourth-order valence-corrected chi connectivity index (χ4v) is 1.52. The zero-order chi connectivity index (χ0) is 13.5. The van der Waals surface area contributed by atoms with Crippen LogP contribution >= 0.6 is 11.6 Å². The molecular weight excluding hydrogens is 250 g/mol. The third-order valence-corrected chi connectivity index (χ3v) is 2.97. The van der Waals surface area contributed by atoms with Crippen LogP contribution in [-0.2, 0) is 4.79 Å². The van der Waals surface area contributed by atoms with Crippen LogP contribution in [0.5, 0.6) is 5.75 Å². The number of carbonyl (C=O) groups is 1. The Hall–Kier alpha value is -1.22. The van der Waals surface area contributed by atoms with Gasteiger partial charge in [-0.05, 0) is 43.0 Å². The first-order chi connectivity index (χ1) is 8.49. The monoisotopic (exact) mass is 269 g/mol. The van der Waals surface area contributed by atoms with Gasteiger partial charge >= 0.3 is 0 Å². The molecule has 1 rings (SSSR count). The minimum atomic E-state index is -0.0942. The SMILES string of the molecule is Cc1cc(OCC(=O)NCCC(C)C)ccc1Cl. The van der Waals surface area contributed by atoms with Crippen molar-refractivity contribution in [1.29, 1.82) is 0 Å². The number of carbonyl (C=O) groups excluding carboxylic acids is 1. The van der Waals surface area contributed by atoms with Crippen LogP contribution in [0.3, 0.4) is 0 Å². The maximum atomic E-state index is 11.5. The second-order valence-electron chi connectivity index (χ2n) is 4.73. The average Bonchev–Trinajstić information content (AvgIpc) is 2.30. The van der Waals surface area contributed by atoms with Crippen LogP contribution in [0.1, 0.15) is 25.8 Å². The summed E-state index contributed by atoms with van der Waals surface area (Å²) in [6.45, 7) is 6.88. The lowest BCUT2D eigenvalue weighted by molar-refractivity contribution is -0.123. The lowest BCUT2D eigenvalue weighted by atomic mass is 10.1. The number of benzene rings is 1. The lowest BCUT2D eigenvalue weighted by Crippen LogP contribution is -2.30. The van der Waals surface area contributed by atoms with Gasteiger partial charge in [-0.2, -0.15) is 0 Å². The molecule has 18 heavy (non-hydrogen) atoms. The van der Waals surface area contributed by atoms with Gasteiger partial charge in [-0.15, -0.1) is 0 Å². The van der Waals surface area contributed by atoms with Crippen molar-refractivity contribution >= 4 is 17.5 Å². The molecule has 3 nitrogen and oxygen atoms in total. The largest absolute Gasteiger partial charge is 0.484 e. The van der Waals surface area contributed by atoms with E-state index in [0.717, 1.165) is 12.0 Å². The van der Waals surface area contributed by atoms with Crippen LogP contribution in [0.2, 0.25) is 5.02 Å². The molecule has 0 unspecified atom stereocenters. The molecule has 1 amide bonds. The minimum absolute atomic E-state index is 0.0408. The topological polar surface area (TPSA) is 38.3 Å². The van der Waals surface area contributed by atoms with E-state index in [1.54, 1.807) is 12.1 Å². The Bertz CT molecular complexity index is 405. The van der Waals surface area contributed by atoms with Crippen LogP contribution in [0.25, 0.3) is 0 Å². The van der Waals surface area contributed by atoms with Gasteiger partial charge < -0.3 is 10.1 Å². The van der Waals surface area contributed by atoms with Crippen LogP contribution in [0, 0.1) is 12.8 Å². The van der Waals surface area contributed by atoms with Crippen molar-refractivity contribution in [2.45, 2.75) is 27.2 Å². The maximum Gasteiger partial charge on any atom is 0.257 e. The number of aryl methyl sites for hydroxylation is 1. The fourth-order valence-electron chi connectivity index (χ4n) is 1.41. The predicted octanol–water partition coefficient (Wildman–Crippen LogP) is 3.19. The molecule has 0 fully saturated rings. The Morgan fingerprint density at radius 1 is 1.44 bits per heavy atom. The summed E-state index contributed by atoms with van der Waals surface area (Å²) in [5.41, 5.74) is 0.939. The number of rotatable bonds is 6. The van der Waals surface area contributed by atoms with E-state index in [4.69, 9.17) is 16.3 Å². The molecule has 0 spiro atoms. The number of ether oxygens (including phenoxy) is 1. The predicted molar refractivity (Wildman–Crippen MR) is 74.1 cm³/mol. The summed E-state index contributed by atoms with van der Waals surface area (Å²) >= 11 is 5.91. The van der Waals surface area contributed by atoms with Crippen molar-refractivity contribution in [1.82, 2.24) is 5.32 Å². The van der Waals surface area contributed by atoms with E-state index in [2.05, 4.69) is 19.2 Å². The smallest absolute Gasteiger partial charge is 0.257 e. The molecule has 1 aromatic rings. The number of amides is 1. The molecular formula is C14H20ClNO2. The molecule has 0 bridgehead atoms. The number of halogens is 1. The quantitative estimate of drug-likeness (QED) is 0.861. The fraction of sp³-hybridized carbons (Fsp3) is 0.500. The Kier molecular flexibility index (Phi) is 5.99. The number of hydrogen-bond donors (Lipinski definition) is 1. The van der Waals surface area contributed by atoms with Crippen LogP contribution in [-0.4, -0.2) is 19.1 Å². The Balaban J connectivity index is 2.31. The molecule has 1 N–H and O–H groups in total. The first kappa shape index (κ1) is 14.8. The molecule has 0 aliphatic heterocycles. The molecule has 100 valence electrons. The highest BCUT2D eigenvalue weighted by atomic mass is 35.5. The number of hydrogen-bond acceptors (Lipinski definition) is 2. The van der Waals surface area contributed by atoms with Gasteiger partial charge in [0.2, 0.25) is 0 Å². The highest BCUT2D eigenvalue weighted by molar-refractivity contribution is 6.31. The zero-order valence-corrected chi connectivity index (χ0v) is 11.9. The van der Waals surface area contributed by atoms with Gasteiger partial charge in [0.15, 0.2) is 6.61 Å². The summed E-state index contributed by atoms with van der Waals surface area (Å²) in [6.07, 6.45) is 0.978. The van der Waals surface area contributed by atoms with Crippen molar-refractivity contribution in [3.63, 3.8) is 0 Å². The van der Waals surface area contributed by atoms with Gasteiger partial charge in [-0.1, -0.05) is 25.4 Å². The van der Waals surface area contributed by atoms with E-state index < -0.39 is 0 Å². The molecule has 0 aliphatic rings. The number of nitrogens with one attached hydrogen (secondary N) is 1. The Morgan fingerprint density at radius 2 is 2.17 bits per heavy atom. The van der Waals surface area contributed by atoms with Gasteiger partial charge in [0.05, 0.1) is 0 Å². The average molecular weight is 270 g/mol. The Labute approximate surface area is 113 Å². The molecule has 4 heteroatoms. The van der Waals surface area contributed by atoms with E-state index in [1.807, 2.05) is 13.0 Å². The van der Waals surface area contributed by atoms with Crippen molar-refractivity contribution in [2.24, 2.45) is 5.92 Å². The van der Waals surface area contributed by atoms with E-state index in [9.17, 15) is 4.79 Å². The summed E-state index contributed by atoms with van der Waals surface area (Å²) < 4.78 is 5.39. The van der Waals surface area contributed by atoms with Crippen molar-refractivity contribution in [2.75, 3.05) is 13.2 Å². The summed E-state index contributed by atoms with van der Waals surface area (Å²) in [4.78, 5) is 11.5. The van der Waals surface area contributed by atoms with Gasteiger partial charge in [-0.3, -0.25) is 4.79 Å². The molecule has 0 aromatic heterocycles. The molecule has 1 aromatic carbocycles. The zero-order valence-electron chi connectivity index (χ0n) is 11.1. The van der Waals surface area contributed by atoms with E-state index in [-0.39, 0.29) is 12.5 Å². The minimum Gasteiger partial charge on any atom is -0.484 e. The third kappa shape index (κ3) is 5.41. The Morgan fingerprint density at radius 3 is 2.78 bits per heavy atom. The highest BCUT2D eigenvalue weighted by Gasteiger charge is 2.04. The van der Waals surface area contributed by atoms with Crippen molar-refractivity contribution in [3.05, 3.63) is 28.8 Å². The normalized spacial score (nSPS) is 10.5.